The monoisotopic (exact) mass is 297 g/mol. The van der Waals surface area contributed by atoms with E-state index in [-0.39, 0.29) is 18.4 Å². The number of hydrogen-bond donors (Lipinski definition) is 2. The fourth-order valence-electron chi connectivity index (χ4n) is 2.15. The summed E-state index contributed by atoms with van der Waals surface area (Å²) in [5.41, 5.74) is 4.68. The highest BCUT2D eigenvalue weighted by Crippen LogP contribution is 2.28. The molecule has 1 heterocycles. The van der Waals surface area contributed by atoms with Crippen LogP contribution in [0.5, 0.6) is 5.75 Å². The number of ether oxygens (including phenoxy) is 1. The van der Waals surface area contributed by atoms with Gasteiger partial charge in [0.15, 0.2) is 6.61 Å². The van der Waals surface area contributed by atoms with Gasteiger partial charge in [-0.3, -0.25) is 20.0 Å². The molecule has 0 saturated heterocycles. The third-order valence-electron chi connectivity index (χ3n) is 3.29. The summed E-state index contributed by atoms with van der Waals surface area (Å²) >= 11 is 0. The molecule has 2 N–H and O–H groups in total. The number of para-hydroxylation sites is 1. The van der Waals surface area contributed by atoms with Crippen LogP contribution in [-0.2, 0) is 4.79 Å². The Morgan fingerprint density at radius 2 is 2.00 bits per heavy atom. The lowest BCUT2D eigenvalue weighted by Crippen LogP contribution is -2.39. The van der Waals surface area contributed by atoms with Gasteiger partial charge in [0.2, 0.25) is 0 Å². The Labute approximate surface area is 127 Å². The van der Waals surface area contributed by atoms with Gasteiger partial charge in [-0.05, 0) is 30.3 Å². The Kier molecular flexibility index (Phi) is 3.65. The zero-order valence-corrected chi connectivity index (χ0v) is 12.0. The fraction of sp³-hybridized carbons (Fsp3) is 0.125. The second-order valence-electron chi connectivity index (χ2n) is 4.88. The molecule has 0 atom stereocenters. The summed E-state index contributed by atoms with van der Waals surface area (Å²) in [7, 11) is 1.77. The molecule has 1 aliphatic heterocycles. The molecule has 112 valence electrons. The minimum atomic E-state index is -0.255. The number of hydrazine groups is 1. The average molecular weight is 297 g/mol. The maximum Gasteiger partial charge on any atom is 0.269 e. The van der Waals surface area contributed by atoms with Gasteiger partial charge in [0.1, 0.15) is 5.75 Å². The van der Waals surface area contributed by atoms with E-state index < -0.39 is 0 Å². The van der Waals surface area contributed by atoms with Crippen molar-refractivity contribution < 1.29 is 14.3 Å². The van der Waals surface area contributed by atoms with Crippen molar-refractivity contribution >= 4 is 23.2 Å². The van der Waals surface area contributed by atoms with Gasteiger partial charge in [-0.1, -0.05) is 18.2 Å². The zero-order chi connectivity index (χ0) is 15.5. The normalized spacial score (nSPS) is 12.7. The molecule has 3 rings (SSSR count). The molecule has 2 aromatic rings. The van der Waals surface area contributed by atoms with E-state index >= 15 is 0 Å². The highest BCUT2D eigenvalue weighted by Gasteiger charge is 2.18. The van der Waals surface area contributed by atoms with Crippen molar-refractivity contribution in [2.75, 3.05) is 24.0 Å². The summed E-state index contributed by atoms with van der Waals surface area (Å²) in [4.78, 5) is 23.5. The van der Waals surface area contributed by atoms with Crippen LogP contribution in [0.4, 0.5) is 11.4 Å². The first-order chi connectivity index (χ1) is 10.6. The first-order valence-electron chi connectivity index (χ1n) is 6.80. The third-order valence-corrected chi connectivity index (χ3v) is 3.29. The summed E-state index contributed by atoms with van der Waals surface area (Å²) in [6.45, 7) is -0.0397. The number of anilines is 2. The van der Waals surface area contributed by atoms with Gasteiger partial charge < -0.3 is 10.1 Å². The zero-order valence-electron chi connectivity index (χ0n) is 12.0. The average Bonchev–Trinajstić information content (AvgIpc) is 2.55. The summed E-state index contributed by atoms with van der Waals surface area (Å²) < 4.78 is 5.31. The van der Waals surface area contributed by atoms with Gasteiger partial charge in [0.25, 0.3) is 11.8 Å². The lowest BCUT2D eigenvalue weighted by atomic mass is 10.1. The highest BCUT2D eigenvalue weighted by molar-refractivity contribution is 5.99. The van der Waals surface area contributed by atoms with Crippen molar-refractivity contribution in [3.05, 3.63) is 54.1 Å². The van der Waals surface area contributed by atoms with Crippen LogP contribution in [-0.4, -0.2) is 25.5 Å². The lowest BCUT2D eigenvalue weighted by Gasteiger charge is -2.21. The number of amides is 2. The Morgan fingerprint density at radius 1 is 1.23 bits per heavy atom. The maximum absolute atomic E-state index is 12.3. The van der Waals surface area contributed by atoms with Crippen molar-refractivity contribution in [1.29, 1.82) is 0 Å². The maximum atomic E-state index is 12.3. The number of hydrogen-bond acceptors (Lipinski definition) is 4. The fourth-order valence-corrected chi connectivity index (χ4v) is 2.15. The number of nitrogens with one attached hydrogen (secondary N) is 2. The number of fused-ring (bicyclic) bond motifs is 1. The van der Waals surface area contributed by atoms with Crippen LogP contribution in [0.3, 0.4) is 0 Å². The van der Waals surface area contributed by atoms with Crippen LogP contribution in [0.2, 0.25) is 0 Å². The Morgan fingerprint density at radius 3 is 2.77 bits per heavy atom. The van der Waals surface area contributed by atoms with Crippen molar-refractivity contribution in [2.24, 2.45) is 0 Å². The first kappa shape index (κ1) is 13.9. The van der Waals surface area contributed by atoms with Crippen molar-refractivity contribution in [2.45, 2.75) is 0 Å². The van der Waals surface area contributed by atoms with Gasteiger partial charge >= 0.3 is 0 Å². The SMILES string of the molecule is CN(NC(=O)c1ccc2c(c1)OCC(=O)N2)c1ccccc1. The Bertz CT molecular complexity index is 716. The van der Waals surface area contributed by atoms with Crippen LogP contribution in [0.25, 0.3) is 0 Å². The number of carbonyl (C=O) groups excluding carboxylic acids is 2. The molecule has 2 amide bonds. The van der Waals surface area contributed by atoms with Crippen molar-refractivity contribution in [3.63, 3.8) is 0 Å². The second-order valence-corrected chi connectivity index (χ2v) is 4.88. The standard InChI is InChI=1S/C16H15N3O3/c1-19(12-5-3-2-4-6-12)18-16(21)11-7-8-13-14(9-11)22-10-15(20)17-13/h2-9H,10H2,1H3,(H,17,20)(H,18,21). The van der Waals surface area contributed by atoms with E-state index in [0.29, 0.717) is 17.0 Å². The molecule has 0 aromatic heterocycles. The van der Waals surface area contributed by atoms with E-state index in [1.807, 2.05) is 30.3 Å². The molecular formula is C16H15N3O3. The summed E-state index contributed by atoms with van der Waals surface area (Å²) in [6.07, 6.45) is 0. The molecule has 6 heteroatoms. The van der Waals surface area contributed by atoms with Gasteiger partial charge in [-0.15, -0.1) is 0 Å². The molecule has 22 heavy (non-hydrogen) atoms. The quantitative estimate of drug-likeness (QED) is 0.848. The van der Waals surface area contributed by atoms with Gasteiger partial charge in [0, 0.05) is 12.6 Å². The predicted octanol–water partition coefficient (Wildman–Crippen LogP) is 1.80. The highest BCUT2D eigenvalue weighted by atomic mass is 16.5. The van der Waals surface area contributed by atoms with E-state index in [2.05, 4.69) is 10.7 Å². The van der Waals surface area contributed by atoms with Crippen LogP contribution >= 0.6 is 0 Å². The minimum absolute atomic E-state index is 0.0397. The number of rotatable bonds is 3. The van der Waals surface area contributed by atoms with E-state index in [0.717, 1.165) is 5.69 Å². The predicted molar refractivity (Wildman–Crippen MR) is 82.9 cm³/mol. The van der Waals surface area contributed by atoms with E-state index in [9.17, 15) is 9.59 Å². The number of nitrogens with zero attached hydrogens (tertiary/aromatic N) is 1. The number of benzene rings is 2. The van der Waals surface area contributed by atoms with Gasteiger partial charge in [-0.2, -0.15) is 0 Å². The molecule has 0 radical (unpaired) electrons. The van der Waals surface area contributed by atoms with Crippen molar-refractivity contribution in [3.8, 4) is 5.75 Å². The Balaban J connectivity index is 1.74. The lowest BCUT2D eigenvalue weighted by molar-refractivity contribution is -0.118. The molecule has 0 fully saturated rings. The molecule has 2 aromatic carbocycles. The largest absolute Gasteiger partial charge is 0.482 e. The summed E-state index contributed by atoms with van der Waals surface area (Å²) in [5.74, 6) is 0.0396. The summed E-state index contributed by atoms with van der Waals surface area (Å²) in [5, 5.41) is 4.33. The second kappa shape index (κ2) is 5.77. The van der Waals surface area contributed by atoms with Crippen LogP contribution in [0.15, 0.2) is 48.5 Å². The molecule has 6 nitrogen and oxygen atoms in total. The van der Waals surface area contributed by atoms with Crippen LogP contribution < -0.4 is 20.5 Å². The van der Waals surface area contributed by atoms with Gasteiger partial charge in [-0.25, -0.2) is 0 Å². The van der Waals surface area contributed by atoms with Crippen LogP contribution in [0, 0.1) is 0 Å². The molecule has 1 aliphatic rings. The van der Waals surface area contributed by atoms with Gasteiger partial charge in [0.05, 0.1) is 11.4 Å². The van der Waals surface area contributed by atoms with E-state index in [1.165, 1.54) is 0 Å². The third kappa shape index (κ3) is 2.85. The molecule has 0 spiro atoms. The molecular weight excluding hydrogens is 282 g/mol. The molecule has 0 saturated carbocycles. The molecule has 0 bridgehead atoms. The Hall–Kier alpha value is -3.02. The van der Waals surface area contributed by atoms with E-state index in [1.54, 1.807) is 30.3 Å². The topological polar surface area (TPSA) is 70.7 Å². The van der Waals surface area contributed by atoms with Crippen molar-refractivity contribution in [1.82, 2.24) is 5.43 Å². The summed E-state index contributed by atoms with van der Waals surface area (Å²) in [6, 6.07) is 14.4. The van der Waals surface area contributed by atoms with Crippen LogP contribution in [0.1, 0.15) is 10.4 Å². The molecule has 0 aliphatic carbocycles. The number of carbonyl (C=O) groups is 2. The smallest absolute Gasteiger partial charge is 0.269 e. The minimum Gasteiger partial charge on any atom is -0.482 e. The first-order valence-corrected chi connectivity index (χ1v) is 6.80. The molecule has 0 unspecified atom stereocenters. The van der Waals surface area contributed by atoms with E-state index in [4.69, 9.17) is 4.74 Å².